The average molecular weight is 250 g/mol. The molecule has 0 spiro atoms. The van der Waals surface area contributed by atoms with Crippen molar-refractivity contribution in [1.82, 2.24) is 10.6 Å². The first-order valence-corrected chi connectivity index (χ1v) is 5.93. The van der Waals surface area contributed by atoms with Crippen LogP contribution in [-0.2, 0) is 17.8 Å². The lowest BCUT2D eigenvalue weighted by Crippen LogP contribution is -2.36. The van der Waals surface area contributed by atoms with E-state index in [9.17, 15) is 9.59 Å². The van der Waals surface area contributed by atoms with Gasteiger partial charge < -0.3 is 15.7 Å². The Balaban J connectivity index is 2.26. The molecule has 1 rings (SSSR count). The third kappa shape index (κ3) is 5.34. The fourth-order valence-corrected chi connectivity index (χ4v) is 1.42. The molecule has 0 aliphatic rings. The number of carboxylic acid groups (broad SMARTS) is 1. The van der Waals surface area contributed by atoms with Gasteiger partial charge in [-0.1, -0.05) is 31.2 Å². The number of nitrogens with one attached hydrogen (secondary N) is 2. The van der Waals surface area contributed by atoms with Crippen LogP contribution in [-0.4, -0.2) is 23.7 Å². The van der Waals surface area contributed by atoms with Gasteiger partial charge in [0.05, 0.1) is 6.42 Å². The van der Waals surface area contributed by atoms with E-state index in [4.69, 9.17) is 5.11 Å². The number of hydrogen-bond acceptors (Lipinski definition) is 2. The summed E-state index contributed by atoms with van der Waals surface area (Å²) in [4.78, 5) is 21.6. The SMILES string of the molecule is CCc1ccc(CNC(=O)NCCC(=O)O)cc1. The number of aryl methyl sites for hydroxylation is 1. The van der Waals surface area contributed by atoms with E-state index in [2.05, 4.69) is 17.6 Å². The summed E-state index contributed by atoms with van der Waals surface area (Å²) in [7, 11) is 0. The number of hydrogen-bond donors (Lipinski definition) is 3. The predicted octanol–water partition coefficient (Wildman–Crippen LogP) is 1.52. The molecular formula is C13H18N2O3. The second-order valence-corrected chi connectivity index (χ2v) is 3.92. The summed E-state index contributed by atoms with van der Waals surface area (Å²) in [6.45, 7) is 2.65. The van der Waals surface area contributed by atoms with E-state index in [-0.39, 0.29) is 19.0 Å². The highest BCUT2D eigenvalue weighted by Crippen LogP contribution is 2.04. The Morgan fingerprint density at radius 1 is 1.11 bits per heavy atom. The van der Waals surface area contributed by atoms with E-state index < -0.39 is 5.97 Å². The highest BCUT2D eigenvalue weighted by molar-refractivity contribution is 5.74. The number of urea groups is 1. The van der Waals surface area contributed by atoms with Gasteiger partial charge in [0.15, 0.2) is 0 Å². The maximum absolute atomic E-state index is 11.3. The monoisotopic (exact) mass is 250 g/mol. The second-order valence-electron chi connectivity index (χ2n) is 3.92. The summed E-state index contributed by atoms with van der Waals surface area (Å²) in [5.41, 5.74) is 2.27. The van der Waals surface area contributed by atoms with E-state index in [1.54, 1.807) is 0 Å². The van der Waals surface area contributed by atoms with E-state index in [0.717, 1.165) is 12.0 Å². The maximum Gasteiger partial charge on any atom is 0.315 e. The predicted molar refractivity (Wildman–Crippen MR) is 68.3 cm³/mol. The molecule has 0 aromatic heterocycles. The van der Waals surface area contributed by atoms with Gasteiger partial charge in [0, 0.05) is 13.1 Å². The van der Waals surface area contributed by atoms with Crippen molar-refractivity contribution in [3.8, 4) is 0 Å². The number of amides is 2. The third-order valence-corrected chi connectivity index (χ3v) is 2.51. The molecule has 0 heterocycles. The van der Waals surface area contributed by atoms with Gasteiger partial charge in [0.25, 0.3) is 0 Å². The van der Waals surface area contributed by atoms with E-state index in [1.165, 1.54) is 5.56 Å². The molecule has 0 radical (unpaired) electrons. The van der Waals surface area contributed by atoms with Crippen LogP contribution in [0.5, 0.6) is 0 Å². The van der Waals surface area contributed by atoms with Crippen molar-refractivity contribution in [2.45, 2.75) is 26.3 Å². The minimum absolute atomic E-state index is 0.0708. The molecule has 0 atom stereocenters. The topological polar surface area (TPSA) is 78.4 Å². The van der Waals surface area contributed by atoms with Gasteiger partial charge in [-0.3, -0.25) is 4.79 Å². The standard InChI is InChI=1S/C13H18N2O3/c1-2-10-3-5-11(6-4-10)9-15-13(18)14-8-7-12(16)17/h3-6H,2,7-9H2,1H3,(H,16,17)(H2,14,15,18). The van der Waals surface area contributed by atoms with Gasteiger partial charge in [-0.25, -0.2) is 4.79 Å². The quantitative estimate of drug-likeness (QED) is 0.716. The summed E-state index contributed by atoms with van der Waals surface area (Å²) in [6.07, 6.45) is 0.919. The first kappa shape index (κ1) is 14.0. The number of benzene rings is 1. The van der Waals surface area contributed by atoms with Crippen molar-refractivity contribution in [2.24, 2.45) is 0 Å². The zero-order chi connectivity index (χ0) is 13.4. The molecule has 3 N–H and O–H groups in total. The zero-order valence-electron chi connectivity index (χ0n) is 10.4. The molecule has 0 bridgehead atoms. The fraction of sp³-hybridized carbons (Fsp3) is 0.385. The molecular weight excluding hydrogens is 232 g/mol. The highest BCUT2D eigenvalue weighted by Gasteiger charge is 2.01. The van der Waals surface area contributed by atoms with Gasteiger partial charge in [-0.2, -0.15) is 0 Å². The molecule has 98 valence electrons. The lowest BCUT2D eigenvalue weighted by molar-refractivity contribution is -0.136. The van der Waals surface area contributed by atoms with Crippen LogP contribution in [0.4, 0.5) is 4.79 Å². The second kappa shape index (κ2) is 7.32. The van der Waals surface area contributed by atoms with Crippen molar-refractivity contribution in [2.75, 3.05) is 6.54 Å². The maximum atomic E-state index is 11.3. The summed E-state index contributed by atoms with van der Waals surface area (Å²) in [5.74, 6) is -0.926. The van der Waals surface area contributed by atoms with Gasteiger partial charge >= 0.3 is 12.0 Å². The van der Waals surface area contributed by atoms with Crippen LogP contribution in [0.15, 0.2) is 24.3 Å². The Morgan fingerprint density at radius 2 is 1.72 bits per heavy atom. The Kier molecular flexibility index (Phi) is 5.70. The van der Waals surface area contributed by atoms with Crippen molar-refractivity contribution < 1.29 is 14.7 Å². The largest absolute Gasteiger partial charge is 0.481 e. The molecule has 0 unspecified atom stereocenters. The van der Waals surface area contributed by atoms with Gasteiger partial charge in [0.2, 0.25) is 0 Å². The number of carbonyl (C=O) groups excluding carboxylic acids is 1. The van der Waals surface area contributed by atoms with Crippen molar-refractivity contribution in [3.05, 3.63) is 35.4 Å². The lowest BCUT2D eigenvalue weighted by Gasteiger charge is -2.07. The van der Waals surface area contributed by atoms with Crippen molar-refractivity contribution >= 4 is 12.0 Å². The molecule has 0 saturated carbocycles. The highest BCUT2D eigenvalue weighted by atomic mass is 16.4. The van der Waals surface area contributed by atoms with E-state index >= 15 is 0 Å². The average Bonchev–Trinajstić information content (AvgIpc) is 2.36. The Morgan fingerprint density at radius 3 is 2.28 bits per heavy atom. The molecule has 0 aliphatic heterocycles. The summed E-state index contributed by atoms with van der Waals surface area (Å²) >= 11 is 0. The Bertz CT molecular complexity index is 401. The number of carboxylic acids is 1. The number of aliphatic carboxylic acids is 1. The first-order valence-electron chi connectivity index (χ1n) is 5.93. The normalized spacial score (nSPS) is 9.83. The van der Waals surface area contributed by atoms with Gasteiger partial charge in [-0.15, -0.1) is 0 Å². The molecule has 0 saturated heterocycles. The van der Waals surface area contributed by atoms with Crippen molar-refractivity contribution in [1.29, 1.82) is 0 Å². The Hall–Kier alpha value is -2.04. The van der Waals surface area contributed by atoms with Crippen LogP contribution >= 0.6 is 0 Å². The third-order valence-electron chi connectivity index (χ3n) is 2.51. The summed E-state index contributed by atoms with van der Waals surface area (Å²) in [5, 5.41) is 13.6. The van der Waals surface area contributed by atoms with Crippen LogP contribution in [0.3, 0.4) is 0 Å². The van der Waals surface area contributed by atoms with Crippen LogP contribution in [0.25, 0.3) is 0 Å². The molecule has 5 heteroatoms. The van der Waals surface area contributed by atoms with Crippen LogP contribution in [0.1, 0.15) is 24.5 Å². The van der Waals surface area contributed by atoms with Crippen LogP contribution in [0.2, 0.25) is 0 Å². The number of rotatable bonds is 6. The molecule has 18 heavy (non-hydrogen) atoms. The van der Waals surface area contributed by atoms with Crippen LogP contribution in [0, 0.1) is 0 Å². The molecule has 5 nitrogen and oxygen atoms in total. The van der Waals surface area contributed by atoms with Crippen molar-refractivity contribution in [3.63, 3.8) is 0 Å². The summed E-state index contributed by atoms with van der Waals surface area (Å²) < 4.78 is 0. The molecule has 1 aromatic rings. The fourth-order valence-electron chi connectivity index (χ4n) is 1.42. The molecule has 0 aliphatic carbocycles. The smallest absolute Gasteiger partial charge is 0.315 e. The number of carbonyl (C=O) groups is 2. The lowest BCUT2D eigenvalue weighted by atomic mass is 10.1. The molecule has 2 amide bonds. The van der Waals surface area contributed by atoms with E-state index in [0.29, 0.717) is 6.54 Å². The van der Waals surface area contributed by atoms with E-state index in [1.807, 2.05) is 24.3 Å². The van der Waals surface area contributed by atoms with Gasteiger partial charge in [-0.05, 0) is 17.5 Å². The zero-order valence-corrected chi connectivity index (χ0v) is 10.4. The first-order chi connectivity index (χ1) is 8.61. The van der Waals surface area contributed by atoms with Gasteiger partial charge in [0.1, 0.15) is 0 Å². The Labute approximate surface area is 106 Å². The minimum atomic E-state index is -0.926. The van der Waals surface area contributed by atoms with Crippen LogP contribution < -0.4 is 10.6 Å². The minimum Gasteiger partial charge on any atom is -0.481 e. The molecule has 1 aromatic carbocycles. The summed E-state index contributed by atoms with van der Waals surface area (Å²) in [6, 6.07) is 7.64. The molecule has 0 fully saturated rings.